The molecule has 0 saturated carbocycles. The van der Waals surface area contributed by atoms with Crippen molar-refractivity contribution in [3.05, 3.63) is 42.7 Å². The van der Waals surface area contributed by atoms with Crippen LogP contribution in [0.2, 0.25) is 0 Å². The summed E-state index contributed by atoms with van der Waals surface area (Å²) in [6.07, 6.45) is 10.9. The number of rotatable bonds is 10. The standard InChI is InChI=1S/C19H26O2/c1-2-3-4-5-6-7-8-15-20-18-13-11-17(12-14-18)19-10-9-16-21-19/h9-14,16H,2-8,15H2,1H3. The van der Waals surface area contributed by atoms with E-state index >= 15 is 0 Å². The maximum atomic E-state index is 5.78. The third-order valence-electron chi connectivity index (χ3n) is 3.68. The second-order valence-corrected chi connectivity index (χ2v) is 5.47. The van der Waals surface area contributed by atoms with E-state index < -0.39 is 0 Å². The summed E-state index contributed by atoms with van der Waals surface area (Å²) in [5, 5.41) is 0. The van der Waals surface area contributed by atoms with Crippen molar-refractivity contribution in [1.82, 2.24) is 0 Å². The minimum atomic E-state index is 0.813. The van der Waals surface area contributed by atoms with Crippen molar-refractivity contribution in [2.45, 2.75) is 51.9 Å². The Kier molecular flexibility index (Phi) is 6.93. The molecule has 0 radical (unpaired) electrons. The van der Waals surface area contributed by atoms with Gasteiger partial charge in [0.25, 0.3) is 0 Å². The van der Waals surface area contributed by atoms with E-state index in [9.17, 15) is 0 Å². The molecule has 0 amide bonds. The van der Waals surface area contributed by atoms with Gasteiger partial charge < -0.3 is 9.15 Å². The van der Waals surface area contributed by atoms with Crippen LogP contribution in [0.3, 0.4) is 0 Å². The lowest BCUT2D eigenvalue weighted by molar-refractivity contribution is 0.304. The highest BCUT2D eigenvalue weighted by Gasteiger charge is 2.00. The first-order valence-electron chi connectivity index (χ1n) is 8.17. The van der Waals surface area contributed by atoms with E-state index in [0.717, 1.165) is 30.1 Å². The highest BCUT2D eigenvalue weighted by Crippen LogP contribution is 2.22. The summed E-state index contributed by atoms with van der Waals surface area (Å²) in [5.41, 5.74) is 1.09. The summed E-state index contributed by atoms with van der Waals surface area (Å²) in [6.45, 7) is 3.07. The Morgan fingerprint density at radius 1 is 0.857 bits per heavy atom. The molecular weight excluding hydrogens is 260 g/mol. The molecule has 0 N–H and O–H groups in total. The zero-order valence-electron chi connectivity index (χ0n) is 13.0. The van der Waals surface area contributed by atoms with Gasteiger partial charge in [0.15, 0.2) is 0 Å². The Labute approximate surface area is 128 Å². The molecule has 0 spiro atoms. The summed E-state index contributed by atoms with van der Waals surface area (Å²) in [4.78, 5) is 0. The van der Waals surface area contributed by atoms with Crippen LogP contribution in [-0.4, -0.2) is 6.61 Å². The van der Waals surface area contributed by atoms with E-state index in [4.69, 9.17) is 9.15 Å². The van der Waals surface area contributed by atoms with Gasteiger partial charge in [-0.3, -0.25) is 0 Å². The quantitative estimate of drug-likeness (QED) is 0.494. The SMILES string of the molecule is CCCCCCCCCOc1ccc(-c2ccco2)cc1. The first-order valence-corrected chi connectivity index (χ1v) is 8.17. The van der Waals surface area contributed by atoms with Crippen LogP contribution in [-0.2, 0) is 0 Å². The predicted molar refractivity (Wildman–Crippen MR) is 87.6 cm³/mol. The lowest BCUT2D eigenvalue weighted by Gasteiger charge is -2.06. The summed E-state index contributed by atoms with van der Waals surface area (Å²) in [6, 6.07) is 12.0. The first-order chi connectivity index (χ1) is 10.4. The largest absolute Gasteiger partial charge is 0.494 e. The topological polar surface area (TPSA) is 22.4 Å². The maximum Gasteiger partial charge on any atom is 0.133 e. The normalized spacial score (nSPS) is 10.7. The van der Waals surface area contributed by atoms with Crippen molar-refractivity contribution in [2.75, 3.05) is 6.61 Å². The smallest absolute Gasteiger partial charge is 0.133 e. The van der Waals surface area contributed by atoms with Crippen LogP contribution in [0.25, 0.3) is 11.3 Å². The van der Waals surface area contributed by atoms with E-state index in [-0.39, 0.29) is 0 Å². The predicted octanol–water partition coefficient (Wildman–Crippen LogP) is 6.08. The Bertz CT molecular complexity index is 471. The van der Waals surface area contributed by atoms with Gasteiger partial charge in [0.1, 0.15) is 11.5 Å². The molecule has 1 aromatic carbocycles. The molecular formula is C19H26O2. The number of benzene rings is 1. The average Bonchev–Trinajstić information content (AvgIpc) is 3.05. The van der Waals surface area contributed by atoms with Crippen LogP contribution in [0.1, 0.15) is 51.9 Å². The van der Waals surface area contributed by atoms with E-state index in [1.807, 2.05) is 36.4 Å². The summed E-state index contributed by atoms with van der Waals surface area (Å²) < 4.78 is 11.1. The number of unbranched alkanes of at least 4 members (excludes halogenated alkanes) is 6. The van der Waals surface area contributed by atoms with Gasteiger partial charge in [0.05, 0.1) is 12.9 Å². The molecule has 0 aliphatic heterocycles. The van der Waals surface area contributed by atoms with Gasteiger partial charge in [0.2, 0.25) is 0 Å². The first kappa shape index (κ1) is 15.7. The van der Waals surface area contributed by atoms with Crippen LogP contribution in [0.5, 0.6) is 5.75 Å². The van der Waals surface area contributed by atoms with Crippen LogP contribution in [0.4, 0.5) is 0 Å². The van der Waals surface area contributed by atoms with E-state index in [2.05, 4.69) is 6.92 Å². The number of hydrogen-bond acceptors (Lipinski definition) is 2. The molecule has 21 heavy (non-hydrogen) atoms. The maximum absolute atomic E-state index is 5.78. The van der Waals surface area contributed by atoms with Crippen molar-refractivity contribution < 1.29 is 9.15 Å². The molecule has 0 aliphatic carbocycles. The molecule has 2 aromatic rings. The third-order valence-corrected chi connectivity index (χ3v) is 3.68. The molecule has 2 heteroatoms. The van der Waals surface area contributed by atoms with E-state index in [1.165, 1.54) is 38.5 Å². The Hall–Kier alpha value is -1.70. The average molecular weight is 286 g/mol. The fourth-order valence-corrected chi connectivity index (χ4v) is 2.41. The van der Waals surface area contributed by atoms with Gasteiger partial charge in [-0.25, -0.2) is 0 Å². The lowest BCUT2D eigenvalue weighted by Crippen LogP contribution is -1.97. The molecule has 2 rings (SSSR count). The molecule has 0 atom stereocenters. The van der Waals surface area contributed by atoms with Crippen LogP contribution in [0, 0.1) is 0 Å². The van der Waals surface area contributed by atoms with Crippen LogP contribution < -0.4 is 4.74 Å². The van der Waals surface area contributed by atoms with E-state index in [1.54, 1.807) is 6.26 Å². The van der Waals surface area contributed by atoms with Crippen molar-refractivity contribution in [3.8, 4) is 17.1 Å². The van der Waals surface area contributed by atoms with Crippen molar-refractivity contribution in [2.24, 2.45) is 0 Å². The van der Waals surface area contributed by atoms with Crippen molar-refractivity contribution in [1.29, 1.82) is 0 Å². The molecule has 0 unspecified atom stereocenters. The van der Waals surface area contributed by atoms with E-state index in [0.29, 0.717) is 0 Å². The zero-order valence-corrected chi connectivity index (χ0v) is 13.0. The van der Waals surface area contributed by atoms with Crippen LogP contribution >= 0.6 is 0 Å². The van der Waals surface area contributed by atoms with Gasteiger partial charge in [-0.05, 0) is 42.8 Å². The highest BCUT2D eigenvalue weighted by atomic mass is 16.5. The second-order valence-electron chi connectivity index (χ2n) is 5.47. The Morgan fingerprint density at radius 2 is 1.57 bits per heavy atom. The molecule has 0 fully saturated rings. The number of furan rings is 1. The molecule has 0 bridgehead atoms. The molecule has 114 valence electrons. The summed E-state index contributed by atoms with van der Waals surface area (Å²) in [7, 11) is 0. The van der Waals surface area contributed by atoms with Gasteiger partial charge in [0, 0.05) is 5.56 Å². The fourth-order valence-electron chi connectivity index (χ4n) is 2.41. The Morgan fingerprint density at radius 3 is 2.24 bits per heavy atom. The zero-order chi connectivity index (χ0) is 14.8. The van der Waals surface area contributed by atoms with Crippen molar-refractivity contribution in [3.63, 3.8) is 0 Å². The lowest BCUT2D eigenvalue weighted by atomic mass is 10.1. The molecule has 0 aliphatic rings. The van der Waals surface area contributed by atoms with Crippen LogP contribution in [0.15, 0.2) is 47.1 Å². The molecule has 2 nitrogen and oxygen atoms in total. The monoisotopic (exact) mass is 286 g/mol. The molecule has 0 saturated heterocycles. The second kappa shape index (κ2) is 9.28. The minimum absolute atomic E-state index is 0.813. The van der Waals surface area contributed by atoms with Gasteiger partial charge in [-0.2, -0.15) is 0 Å². The molecule has 1 aromatic heterocycles. The third kappa shape index (κ3) is 5.66. The van der Waals surface area contributed by atoms with Gasteiger partial charge in [-0.15, -0.1) is 0 Å². The summed E-state index contributed by atoms with van der Waals surface area (Å²) >= 11 is 0. The van der Waals surface area contributed by atoms with Gasteiger partial charge in [-0.1, -0.05) is 45.4 Å². The minimum Gasteiger partial charge on any atom is -0.494 e. The summed E-state index contributed by atoms with van der Waals surface area (Å²) in [5.74, 6) is 1.84. The van der Waals surface area contributed by atoms with Crippen molar-refractivity contribution >= 4 is 0 Å². The highest BCUT2D eigenvalue weighted by molar-refractivity contribution is 5.58. The fraction of sp³-hybridized carbons (Fsp3) is 0.474. The number of hydrogen-bond donors (Lipinski definition) is 0. The molecule has 1 heterocycles. The Balaban J connectivity index is 1.61. The van der Waals surface area contributed by atoms with Gasteiger partial charge >= 0.3 is 0 Å². The number of ether oxygens (including phenoxy) is 1.